The van der Waals surface area contributed by atoms with Crippen LogP contribution in [0.15, 0.2) is 91.0 Å². The van der Waals surface area contributed by atoms with Gasteiger partial charge in [-0.25, -0.2) is 14.4 Å². The van der Waals surface area contributed by atoms with Crippen LogP contribution in [0.4, 0.5) is 0 Å². The van der Waals surface area contributed by atoms with E-state index in [0.717, 1.165) is 6.92 Å². The van der Waals surface area contributed by atoms with Gasteiger partial charge in [0.15, 0.2) is 18.3 Å². The number of benzene rings is 3. The van der Waals surface area contributed by atoms with Gasteiger partial charge in [0, 0.05) is 6.92 Å². The highest BCUT2D eigenvalue weighted by Crippen LogP contribution is 2.21. The molecule has 10 heteroatoms. The summed E-state index contributed by atoms with van der Waals surface area (Å²) in [5.74, 6) is -3.35. The van der Waals surface area contributed by atoms with Gasteiger partial charge in [-0.2, -0.15) is 0 Å². The molecule has 0 fully saturated rings. The molecule has 202 valence electrons. The summed E-state index contributed by atoms with van der Waals surface area (Å²) in [5, 5.41) is 12.6. The number of nitrogens with one attached hydrogen (secondary N) is 1. The SMILES string of the molecule is CC(=O)N[C@@H](C=O)[C@@H](OC(=O)c1ccccc1)[C@H](OC(=O)c1ccccc1)[C@@H](CO)OC(=O)c1ccccc1. The standard InChI is InChI=1S/C29H27NO9/c1-19(33)30-23(17-31)25(38-28(35)21-13-7-3-8-14-21)26(39-29(36)22-15-9-4-10-16-22)24(18-32)37-27(34)20-11-5-2-6-12-20/h2-17,23-26,32H,18H2,1H3,(H,30,33)/t23-,24+,25+,26+/m0/s1. The first-order chi connectivity index (χ1) is 18.8. The van der Waals surface area contributed by atoms with Crippen LogP contribution in [-0.2, 0) is 23.8 Å². The van der Waals surface area contributed by atoms with Gasteiger partial charge < -0.3 is 29.4 Å². The Morgan fingerprint density at radius 3 is 1.44 bits per heavy atom. The number of carbonyl (C=O) groups is 5. The molecule has 0 spiro atoms. The lowest BCUT2D eigenvalue weighted by Crippen LogP contribution is -2.57. The van der Waals surface area contributed by atoms with Crippen molar-refractivity contribution in [3.05, 3.63) is 108 Å². The third kappa shape index (κ3) is 8.08. The van der Waals surface area contributed by atoms with Crippen molar-refractivity contribution in [1.29, 1.82) is 0 Å². The van der Waals surface area contributed by atoms with Crippen molar-refractivity contribution < 1.29 is 43.3 Å². The molecule has 3 aromatic carbocycles. The van der Waals surface area contributed by atoms with Crippen LogP contribution in [0.2, 0.25) is 0 Å². The van der Waals surface area contributed by atoms with Crippen LogP contribution in [0.3, 0.4) is 0 Å². The number of rotatable bonds is 12. The molecule has 0 heterocycles. The molecule has 0 unspecified atom stereocenters. The highest BCUT2D eigenvalue weighted by Gasteiger charge is 2.43. The summed E-state index contributed by atoms with van der Waals surface area (Å²) in [6, 6.07) is 21.8. The van der Waals surface area contributed by atoms with Gasteiger partial charge in [-0.1, -0.05) is 54.6 Å². The fourth-order valence-corrected chi connectivity index (χ4v) is 3.65. The summed E-state index contributed by atoms with van der Waals surface area (Å²) in [5.41, 5.74) is 0.338. The molecule has 3 aromatic rings. The monoisotopic (exact) mass is 533 g/mol. The minimum atomic E-state index is -1.72. The van der Waals surface area contributed by atoms with E-state index in [9.17, 15) is 29.1 Å². The van der Waals surface area contributed by atoms with Crippen molar-refractivity contribution in [2.24, 2.45) is 0 Å². The number of aldehydes is 1. The lowest BCUT2D eigenvalue weighted by Gasteiger charge is -2.34. The third-order valence-electron chi connectivity index (χ3n) is 5.51. The lowest BCUT2D eigenvalue weighted by atomic mass is 10.0. The Labute approximate surface area is 224 Å². The van der Waals surface area contributed by atoms with E-state index in [1.54, 1.807) is 54.6 Å². The van der Waals surface area contributed by atoms with Crippen molar-refractivity contribution >= 4 is 30.1 Å². The van der Waals surface area contributed by atoms with Crippen LogP contribution >= 0.6 is 0 Å². The zero-order chi connectivity index (χ0) is 28.2. The molecule has 2 N–H and O–H groups in total. The molecule has 1 amide bonds. The van der Waals surface area contributed by atoms with Crippen LogP contribution in [0.25, 0.3) is 0 Å². The number of aliphatic hydroxyl groups excluding tert-OH is 1. The molecular formula is C29H27NO9. The molecule has 0 saturated heterocycles. The highest BCUT2D eigenvalue weighted by molar-refractivity contribution is 5.91. The molecule has 0 aliphatic rings. The summed E-state index contributed by atoms with van der Waals surface area (Å²) in [6.45, 7) is 0.257. The second-order valence-electron chi connectivity index (χ2n) is 8.33. The predicted octanol–water partition coefficient (Wildman–Crippen LogP) is 2.36. The number of aliphatic hydroxyl groups is 1. The second kappa shape index (κ2) is 14.2. The van der Waals surface area contributed by atoms with Crippen LogP contribution < -0.4 is 5.32 Å². The number of carbonyl (C=O) groups excluding carboxylic acids is 5. The summed E-state index contributed by atoms with van der Waals surface area (Å²) >= 11 is 0. The molecule has 4 atom stereocenters. The van der Waals surface area contributed by atoms with Crippen molar-refractivity contribution in [2.45, 2.75) is 31.3 Å². The fourth-order valence-electron chi connectivity index (χ4n) is 3.65. The van der Waals surface area contributed by atoms with Gasteiger partial charge in [-0.05, 0) is 36.4 Å². The number of hydrogen-bond acceptors (Lipinski definition) is 9. The van der Waals surface area contributed by atoms with E-state index in [4.69, 9.17) is 14.2 Å². The van der Waals surface area contributed by atoms with Gasteiger partial charge in [0.05, 0.1) is 23.3 Å². The minimum Gasteiger partial charge on any atom is -0.452 e. The van der Waals surface area contributed by atoms with E-state index in [0.29, 0.717) is 6.29 Å². The summed E-state index contributed by atoms with van der Waals surface area (Å²) in [6.07, 6.45) is -4.73. The molecule has 0 radical (unpaired) electrons. The topological polar surface area (TPSA) is 145 Å². The van der Waals surface area contributed by atoms with Gasteiger partial charge in [0.25, 0.3) is 0 Å². The van der Waals surface area contributed by atoms with Crippen molar-refractivity contribution in [2.75, 3.05) is 6.61 Å². The Kier molecular flexibility index (Phi) is 10.5. The van der Waals surface area contributed by atoms with Crippen LogP contribution in [0.1, 0.15) is 38.0 Å². The second-order valence-corrected chi connectivity index (χ2v) is 8.33. The Bertz CT molecular complexity index is 1270. The summed E-state index contributed by atoms with van der Waals surface area (Å²) < 4.78 is 16.7. The number of esters is 3. The zero-order valence-electron chi connectivity index (χ0n) is 21.0. The third-order valence-corrected chi connectivity index (χ3v) is 5.51. The Morgan fingerprint density at radius 2 is 1.08 bits per heavy atom. The maximum atomic E-state index is 13.1. The minimum absolute atomic E-state index is 0.101. The van der Waals surface area contributed by atoms with E-state index in [-0.39, 0.29) is 16.7 Å². The fraction of sp³-hybridized carbons (Fsp3) is 0.207. The normalized spacial score (nSPS) is 13.6. The smallest absolute Gasteiger partial charge is 0.338 e. The molecule has 0 bridgehead atoms. The summed E-state index contributed by atoms with van der Waals surface area (Å²) in [7, 11) is 0. The molecule has 0 aromatic heterocycles. The Hall–Kier alpha value is -4.83. The van der Waals surface area contributed by atoms with E-state index in [1.165, 1.54) is 36.4 Å². The van der Waals surface area contributed by atoms with Crippen LogP contribution in [-0.4, -0.2) is 66.2 Å². The first-order valence-electron chi connectivity index (χ1n) is 12.0. The molecule has 39 heavy (non-hydrogen) atoms. The van der Waals surface area contributed by atoms with Crippen LogP contribution in [0.5, 0.6) is 0 Å². The van der Waals surface area contributed by atoms with E-state index in [1.807, 2.05) is 0 Å². The maximum absolute atomic E-state index is 13.1. The lowest BCUT2D eigenvalue weighted by molar-refractivity contribution is -0.132. The van der Waals surface area contributed by atoms with E-state index >= 15 is 0 Å². The number of amides is 1. The van der Waals surface area contributed by atoms with Gasteiger partial charge in [0.1, 0.15) is 12.3 Å². The molecule has 0 aliphatic heterocycles. The van der Waals surface area contributed by atoms with Gasteiger partial charge in [-0.3, -0.25) is 4.79 Å². The molecule has 0 saturated carbocycles. The highest BCUT2D eigenvalue weighted by atomic mass is 16.6. The average Bonchev–Trinajstić information content (AvgIpc) is 2.97. The van der Waals surface area contributed by atoms with E-state index < -0.39 is 54.8 Å². The van der Waals surface area contributed by atoms with Gasteiger partial charge >= 0.3 is 17.9 Å². The molecule has 3 rings (SSSR count). The van der Waals surface area contributed by atoms with Crippen molar-refractivity contribution in [3.63, 3.8) is 0 Å². The summed E-state index contributed by atoms with van der Waals surface area (Å²) in [4.78, 5) is 62.9. The number of ether oxygens (including phenoxy) is 3. The number of hydrogen-bond donors (Lipinski definition) is 2. The largest absolute Gasteiger partial charge is 0.452 e. The Morgan fingerprint density at radius 1 is 0.692 bits per heavy atom. The molecular weight excluding hydrogens is 506 g/mol. The maximum Gasteiger partial charge on any atom is 0.338 e. The zero-order valence-corrected chi connectivity index (χ0v) is 21.0. The van der Waals surface area contributed by atoms with Gasteiger partial charge in [-0.15, -0.1) is 0 Å². The predicted molar refractivity (Wildman–Crippen MR) is 138 cm³/mol. The molecule has 10 nitrogen and oxygen atoms in total. The molecule has 0 aliphatic carbocycles. The van der Waals surface area contributed by atoms with E-state index in [2.05, 4.69) is 5.32 Å². The average molecular weight is 534 g/mol. The quantitative estimate of drug-likeness (QED) is 0.204. The first kappa shape index (κ1) is 28.7. The van der Waals surface area contributed by atoms with Crippen LogP contribution in [0, 0.1) is 0 Å². The van der Waals surface area contributed by atoms with Crippen molar-refractivity contribution in [1.82, 2.24) is 5.32 Å². The van der Waals surface area contributed by atoms with Crippen molar-refractivity contribution in [3.8, 4) is 0 Å². The first-order valence-corrected chi connectivity index (χ1v) is 12.0. The van der Waals surface area contributed by atoms with Gasteiger partial charge in [0.2, 0.25) is 5.91 Å². The Balaban J connectivity index is 2.03.